The van der Waals surface area contributed by atoms with E-state index >= 15 is 0 Å². The van der Waals surface area contributed by atoms with Crippen molar-refractivity contribution in [1.82, 2.24) is 29.7 Å². The maximum absolute atomic E-state index is 14.9. The summed E-state index contributed by atoms with van der Waals surface area (Å²) in [5.41, 5.74) is 0. The normalized spacial score (nSPS) is 14.6. The zero-order chi connectivity index (χ0) is 17.1. The molecule has 8 nitrogen and oxygen atoms in total. The van der Waals surface area contributed by atoms with E-state index in [2.05, 4.69) is 35.7 Å². The highest BCUT2D eigenvalue weighted by Crippen LogP contribution is 2.27. The van der Waals surface area contributed by atoms with Crippen molar-refractivity contribution in [2.24, 2.45) is 0 Å². The Morgan fingerprint density at radius 3 is 2.64 bits per heavy atom. The standard InChI is InChI=1S/C16H17FN8/c17-13-14(21-11-4-1-2-5-11)23-16(25-9-3-6-20-25)24-15(13)22-12-10-18-7-8-19-12/h3,6-11H,1-2,4-5H2,(H2,19,21,22,23,24). The first kappa shape index (κ1) is 15.4. The molecule has 1 aliphatic rings. The third-order valence-electron chi connectivity index (χ3n) is 4.05. The van der Waals surface area contributed by atoms with Crippen LogP contribution >= 0.6 is 0 Å². The first-order valence-electron chi connectivity index (χ1n) is 8.17. The molecule has 3 heterocycles. The van der Waals surface area contributed by atoms with Crippen LogP contribution in [0.1, 0.15) is 25.7 Å². The molecule has 0 aromatic carbocycles. The molecule has 2 N–H and O–H groups in total. The Kier molecular flexibility index (Phi) is 4.19. The van der Waals surface area contributed by atoms with Gasteiger partial charge in [-0.05, 0) is 18.9 Å². The Morgan fingerprint density at radius 1 is 1.08 bits per heavy atom. The molecule has 3 aromatic heterocycles. The van der Waals surface area contributed by atoms with Crippen molar-refractivity contribution in [2.75, 3.05) is 10.6 Å². The summed E-state index contributed by atoms with van der Waals surface area (Å²) in [5, 5.41) is 10.2. The van der Waals surface area contributed by atoms with Crippen LogP contribution < -0.4 is 10.6 Å². The lowest BCUT2D eigenvalue weighted by molar-refractivity contribution is 0.610. The monoisotopic (exact) mass is 340 g/mol. The minimum Gasteiger partial charge on any atom is -0.365 e. The molecule has 0 amide bonds. The van der Waals surface area contributed by atoms with Crippen LogP contribution in [-0.2, 0) is 0 Å². The quantitative estimate of drug-likeness (QED) is 0.737. The summed E-state index contributed by atoms with van der Waals surface area (Å²) in [6.45, 7) is 0. The highest BCUT2D eigenvalue weighted by molar-refractivity contribution is 5.58. The zero-order valence-corrected chi connectivity index (χ0v) is 13.4. The first-order valence-corrected chi connectivity index (χ1v) is 8.17. The molecule has 0 saturated heterocycles. The molecule has 0 atom stereocenters. The number of anilines is 3. The fourth-order valence-corrected chi connectivity index (χ4v) is 2.85. The van der Waals surface area contributed by atoms with Crippen LogP contribution in [0.15, 0.2) is 37.1 Å². The van der Waals surface area contributed by atoms with E-state index in [1.165, 1.54) is 17.1 Å². The van der Waals surface area contributed by atoms with Gasteiger partial charge in [0.25, 0.3) is 5.95 Å². The fourth-order valence-electron chi connectivity index (χ4n) is 2.85. The summed E-state index contributed by atoms with van der Waals surface area (Å²) in [6.07, 6.45) is 12.2. The number of aromatic nitrogens is 6. The fraction of sp³-hybridized carbons (Fsp3) is 0.312. The second-order valence-electron chi connectivity index (χ2n) is 5.83. The zero-order valence-electron chi connectivity index (χ0n) is 13.4. The summed E-state index contributed by atoms with van der Waals surface area (Å²) in [5.74, 6) is 0.324. The molecular formula is C16H17FN8. The van der Waals surface area contributed by atoms with Crippen molar-refractivity contribution < 1.29 is 4.39 Å². The molecule has 128 valence electrons. The number of nitrogens with one attached hydrogen (secondary N) is 2. The van der Waals surface area contributed by atoms with Gasteiger partial charge in [0.2, 0.25) is 5.82 Å². The average molecular weight is 340 g/mol. The maximum Gasteiger partial charge on any atom is 0.254 e. The van der Waals surface area contributed by atoms with Gasteiger partial charge in [0.05, 0.1) is 6.20 Å². The Bertz CT molecular complexity index is 831. The van der Waals surface area contributed by atoms with Crippen LogP contribution in [0.5, 0.6) is 0 Å². The van der Waals surface area contributed by atoms with E-state index in [1.54, 1.807) is 24.7 Å². The predicted molar refractivity (Wildman–Crippen MR) is 90.3 cm³/mol. The summed E-state index contributed by atoms with van der Waals surface area (Å²) in [7, 11) is 0. The number of nitrogens with zero attached hydrogens (tertiary/aromatic N) is 6. The SMILES string of the molecule is Fc1c(Nc2cnccn2)nc(-n2cccn2)nc1NC1CCCC1. The molecule has 0 spiro atoms. The maximum atomic E-state index is 14.9. The number of hydrogen-bond donors (Lipinski definition) is 2. The van der Waals surface area contributed by atoms with Gasteiger partial charge in [-0.15, -0.1) is 0 Å². The predicted octanol–water partition coefficient (Wildman–Crippen LogP) is 2.69. The lowest BCUT2D eigenvalue weighted by Gasteiger charge is -2.16. The Hall–Kier alpha value is -3.10. The number of hydrogen-bond acceptors (Lipinski definition) is 7. The van der Waals surface area contributed by atoms with Gasteiger partial charge in [-0.1, -0.05) is 12.8 Å². The minimum atomic E-state index is -0.548. The van der Waals surface area contributed by atoms with Gasteiger partial charge in [-0.3, -0.25) is 4.98 Å². The van der Waals surface area contributed by atoms with Gasteiger partial charge in [-0.2, -0.15) is 19.5 Å². The van der Waals surface area contributed by atoms with E-state index in [0.29, 0.717) is 5.82 Å². The lowest BCUT2D eigenvalue weighted by atomic mass is 10.2. The lowest BCUT2D eigenvalue weighted by Crippen LogP contribution is -2.19. The molecule has 0 unspecified atom stereocenters. The Balaban J connectivity index is 1.71. The molecule has 1 saturated carbocycles. The van der Waals surface area contributed by atoms with Crippen molar-refractivity contribution in [3.05, 3.63) is 42.9 Å². The summed E-state index contributed by atoms with van der Waals surface area (Å²) in [6, 6.07) is 1.98. The van der Waals surface area contributed by atoms with Crippen LogP contribution in [-0.4, -0.2) is 35.8 Å². The van der Waals surface area contributed by atoms with Crippen molar-refractivity contribution in [2.45, 2.75) is 31.7 Å². The highest BCUT2D eigenvalue weighted by atomic mass is 19.1. The third-order valence-corrected chi connectivity index (χ3v) is 4.05. The molecule has 3 aromatic rings. The van der Waals surface area contributed by atoms with Crippen molar-refractivity contribution in [3.8, 4) is 5.95 Å². The molecule has 1 aliphatic carbocycles. The van der Waals surface area contributed by atoms with Crippen molar-refractivity contribution >= 4 is 17.5 Å². The van der Waals surface area contributed by atoms with Gasteiger partial charge in [0.1, 0.15) is 5.82 Å². The van der Waals surface area contributed by atoms with Crippen LogP contribution in [0.2, 0.25) is 0 Å². The van der Waals surface area contributed by atoms with E-state index in [-0.39, 0.29) is 23.6 Å². The molecular weight excluding hydrogens is 323 g/mol. The average Bonchev–Trinajstić information content (AvgIpc) is 3.33. The molecule has 25 heavy (non-hydrogen) atoms. The second kappa shape index (κ2) is 6.80. The van der Waals surface area contributed by atoms with Crippen molar-refractivity contribution in [3.63, 3.8) is 0 Å². The van der Waals surface area contributed by atoms with E-state index in [4.69, 9.17) is 0 Å². The van der Waals surface area contributed by atoms with Gasteiger partial charge < -0.3 is 10.6 Å². The largest absolute Gasteiger partial charge is 0.365 e. The Labute approximate surface area is 143 Å². The van der Waals surface area contributed by atoms with E-state index in [9.17, 15) is 4.39 Å². The number of rotatable bonds is 5. The molecule has 1 fully saturated rings. The van der Waals surface area contributed by atoms with Gasteiger partial charge in [-0.25, -0.2) is 9.67 Å². The molecule has 9 heteroatoms. The van der Waals surface area contributed by atoms with Crippen LogP contribution in [0.25, 0.3) is 5.95 Å². The number of halogens is 1. The molecule has 4 rings (SSSR count). The van der Waals surface area contributed by atoms with E-state index < -0.39 is 5.82 Å². The van der Waals surface area contributed by atoms with Crippen LogP contribution in [0.4, 0.5) is 21.8 Å². The smallest absolute Gasteiger partial charge is 0.254 e. The molecule has 0 bridgehead atoms. The minimum absolute atomic E-state index is 0.0292. The van der Waals surface area contributed by atoms with Crippen molar-refractivity contribution in [1.29, 1.82) is 0 Å². The molecule has 0 radical (unpaired) electrons. The topological polar surface area (TPSA) is 93.4 Å². The van der Waals surface area contributed by atoms with Gasteiger partial charge in [0.15, 0.2) is 11.6 Å². The van der Waals surface area contributed by atoms with Crippen LogP contribution in [0, 0.1) is 5.82 Å². The summed E-state index contributed by atoms with van der Waals surface area (Å²) < 4.78 is 16.4. The van der Waals surface area contributed by atoms with E-state index in [1.807, 2.05) is 0 Å². The van der Waals surface area contributed by atoms with Gasteiger partial charge in [0, 0.05) is 30.8 Å². The molecule has 0 aliphatic heterocycles. The summed E-state index contributed by atoms with van der Waals surface area (Å²) in [4.78, 5) is 16.6. The second-order valence-corrected chi connectivity index (χ2v) is 5.83. The summed E-state index contributed by atoms with van der Waals surface area (Å²) >= 11 is 0. The first-order chi connectivity index (χ1) is 12.3. The third kappa shape index (κ3) is 3.39. The highest BCUT2D eigenvalue weighted by Gasteiger charge is 2.21. The van der Waals surface area contributed by atoms with Gasteiger partial charge >= 0.3 is 0 Å². The Morgan fingerprint density at radius 2 is 1.92 bits per heavy atom. The van der Waals surface area contributed by atoms with Crippen LogP contribution in [0.3, 0.4) is 0 Å². The van der Waals surface area contributed by atoms with E-state index in [0.717, 1.165) is 25.7 Å².